The number of aryl methyl sites for hydroxylation is 1. The van der Waals surface area contributed by atoms with Crippen molar-refractivity contribution in [1.82, 2.24) is 25.5 Å². The first-order valence-electron chi connectivity index (χ1n) is 15.6. The quantitative estimate of drug-likeness (QED) is 0.161. The van der Waals surface area contributed by atoms with Crippen LogP contribution in [0.2, 0.25) is 0 Å². The highest BCUT2D eigenvalue weighted by Crippen LogP contribution is 2.18. The maximum atomic E-state index is 14.0. The molecular weight excluding hydrogens is 588 g/mol. The van der Waals surface area contributed by atoms with Gasteiger partial charge in [0, 0.05) is 61.3 Å². The number of carbonyl (C=O) groups is 2. The summed E-state index contributed by atoms with van der Waals surface area (Å²) in [5.74, 6) is -1.56. The Bertz CT molecular complexity index is 1590. The number of aliphatic hydroxyl groups is 1. The molecule has 46 heavy (non-hydrogen) atoms. The van der Waals surface area contributed by atoms with Crippen molar-refractivity contribution < 1.29 is 23.5 Å². The monoisotopic (exact) mass is 629 g/mol. The molecule has 0 saturated heterocycles. The number of halogens is 2. The maximum absolute atomic E-state index is 14.0. The second-order valence-corrected chi connectivity index (χ2v) is 11.4. The average molecular weight is 630 g/mol. The fourth-order valence-electron chi connectivity index (χ4n) is 5.37. The van der Waals surface area contributed by atoms with Crippen LogP contribution in [0.5, 0.6) is 0 Å². The summed E-state index contributed by atoms with van der Waals surface area (Å²) in [5, 5.41) is 17.3. The molecule has 2 amide bonds. The zero-order chi connectivity index (χ0) is 33.1. The third-order valence-corrected chi connectivity index (χ3v) is 7.45. The third-order valence-electron chi connectivity index (χ3n) is 7.45. The Kier molecular flexibility index (Phi) is 12.4. The van der Waals surface area contributed by atoms with Crippen LogP contribution in [0.1, 0.15) is 64.1 Å². The first-order valence-corrected chi connectivity index (χ1v) is 15.6. The van der Waals surface area contributed by atoms with E-state index in [4.69, 9.17) is 0 Å². The largest absolute Gasteiger partial charge is 0.390 e. The van der Waals surface area contributed by atoms with Crippen LogP contribution < -0.4 is 10.6 Å². The molecule has 3 N–H and O–H groups in total. The van der Waals surface area contributed by atoms with E-state index >= 15 is 0 Å². The zero-order valence-electron chi connectivity index (χ0n) is 26.5. The number of benzene rings is 3. The van der Waals surface area contributed by atoms with Crippen molar-refractivity contribution in [2.45, 2.75) is 58.7 Å². The molecular formula is C36H41F2N5O3. The highest BCUT2D eigenvalue weighted by atomic mass is 19.1. The van der Waals surface area contributed by atoms with Crippen LogP contribution >= 0.6 is 0 Å². The molecule has 242 valence electrons. The van der Waals surface area contributed by atoms with Gasteiger partial charge < -0.3 is 20.6 Å². The van der Waals surface area contributed by atoms with Gasteiger partial charge in [-0.3, -0.25) is 9.59 Å². The Balaban J connectivity index is 1.50. The number of hydrogen-bond donors (Lipinski definition) is 3. The van der Waals surface area contributed by atoms with E-state index in [1.165, 1.54) is 12.1 Å². The van der Waals surface area contributed by atoms with Crippen LogP contribution in [0.15, 0.2) is 79.1 Å². The molecule has 0 fully saturated rings. The minimum Gasteiger partial charge on any atom is -0.390 e. The second kappa shape index (κ2) is 16.7. The van der Waals surface area contributed by atoms with Crippen LogP contribution in [-0.4, -0.2) is 63.6 Å². The van der Waals surface area contributed by atoms with E-state index in [0.29, 0.717) is 31.0 Å². The van der Waals surface area contributed by atoms with Gasteiger partial charge in [-0.1, -0.05) is 32.0 Å². The number of rotatable bonds is 15. The SMILES string of the molecule is CCCN(CCC)C(=O)c1cc(C)cc(C(=O)N[C@@H](Cc2cc(F)cc(F)c2)[C@H](O)CNCc2cccc(-c3ncccn3)c2)c1. The molecule has 0 aliphatic heterocycles. The summed E-state index contributed by atoms with van der Waals surface area (Å²) in [6, 6.07) is 16.6. The third kappa shape index (κ3) is 9.73. The second-order valence-electron chi connectivity index (χ2n) is 11.4. The number of nitrogens with zero attached hydrogens (tertiary/aromatic N) is 3. The standard InChI is InChI=1S/C36H41F2N5O3/c1-4-12-43(13-5-2)36(46)29-15-24(3)14-28(20-29)35(45)42-32(19-26-17-30(37)21-31(38)18-26)33(44)23-39-22-25-8-6-9-27(16-25)34-40-10-7-11-41-34/h6-11,14-18,20-21,32-33,39,44H,4-5,12-13,19,22-23H2,1-3H3,(H,42,45)/t32-,33+/m0/s1. The summed E-state index contributed by atoms with van der Waals surface area (Å²) in [5.41, 5.74) is 3.46. The topological polar surface area (TPSA) is 107 Å². The van der Waals surface area contributed by atoms with Gasteiger partial charge in [0.1, 0.15) is 11.6 Å². The van der Waals surface area contributed by atoms with Crippen LogP contribution in [0.4, 0.5) is 8.78 Å². The van der Waals surface area contributed by atoms with E-state index < -0.39 is 29.7 Å². The molecule has 0 saturated carbocycles. The highest BCUT2D eigenvalue weighted by Gasteiger charge is 2.24. The zero-order valence-corrected chi connectivity index (χ0v) is 26.5. The maximum Gasteiger partial charge on any atom is 0.253 e. The number of aliphatic hydroxyl groups excluding tert-OH is 1. The first kappa shape index (κ1) is 34.3. The van der Waals surface area contributed by atoms with Gasteiger partial charge in [0.15, 0.2) is 5.82 Å². The molecule has 4 rings (SSSR count). The molecule has 8 nitrogen and oxygen atoms in total. The first-order chi connectivity index (χ1) is 22.2. The number of aromatic nitrogens is 2. The van der Waals surface area contributed by atoms with Crippen molar-refractivity contribution >= 4 is 11.8 Å². The van der Waals surface area contributed by atoms with Gasteiger partial charge in [-0.2, -0.15) is 0 Å². The smallest absolute Gasteiger partial charge is 0.253 e. The van der Waals surface area contributed by atoms with Crippen LogP contribution in [0.25, 0.3) is 11.4 Å². The number of carbonyl (C=O) groups excluding carboxylic acids is 2. The summed E-state index contributed by atoms with van der Waals surface area (Å²) in [4.78, 5) is 37.2. The predicted molar refractivity (Wildman–Crippen MR) is 174 cm³/mol. The Morgan fingerprint density at radius 1 is 0.870 bits per heavy atom. The molecule has 1 heterocycles. The van der Waals surface area contributed by atoms with Gasteiger partial charge in [0.2, 0.25) is 0 Å². The van der Waals surface area contributed by atoms with Crippen molar-refractivity contribution in [3.8, 4) is 11.4 Å². The van der Waals surface area contributed by atoms with Crippen molar-refractivity contribution in [1.29, 1.82) is 0 Å². The Labute approximate surface area is 268 Å². The molecule has 0 spiro atoms. The Morgan fingerprint density at radius 2 is 1.54 bits per heavy atom. The minimum absolute atomic E-state index is 0.0253. The highest BCUT2D eigenvalue weighted by molar-refractivity contribution is 6.00. The fourth-order valence-corrected chi connectivity index (χ4v) is 5.37. The molecule has 0 bridgehead atoms. The normalized spacial score (nSPS) is 12.4. The number of amides is 2. The van der Waals surface area contributed by atoms with Crippen LogP contribution in [-0.2, 0) is 13.0 Å². The van der Waals surface area contributed by atoms with E-state index in [1.807, 2.05) is 45.0 Å². The van der Waals surface area contributed by atoms with Crippen molar-refractivity contribution in [2.24, 2.45) is 0 Å². The Morgan fingerprint density at radius 3 is 2.22 bits per heavy atom. The molecule has 0 radical (unpaired) electrons. The van der Waals surface area contributed by atoms with E-state index in [0.717, 1.165) is 35.6 Å². The van der Waals surface area contributed by atoms with Crippen LogP contribution in [0, 0.1) is 18.6 Å². The molecule has 0 aliphatic rings. The molecule has 1 aromatic heterocycles. The lowest BCUT2D eigenvalue weighted by molar-refractivity contribution is 0.0755. The Hall–Kier alpha value is -4.54. The average Bonchev–Trinajstić information content (AvgIpc) is 3.03. The lowest BCUT2D eigenvalue weighted by Crippen LogP contribution is -2.48. The van der Waals surface area contributed by atoms with Gasteiger partial charge in [-0.25, -0.2) is 18.7 Å². The summed E-state index contributed by atoms with van der Waals surface area (Å²) in [7, 11) is 0. The molecule has 0 unspecified atom stereocenters. The molecule has 4 aromatic rings. The van der Waals surface area contributed by atoms with Gasteiger partial charge in [-0.05, 0) is 85.3 Å². The molecule has 3 aromatic carbocycles. The van der Waals surface area contributed by atoms with E-state index in [-0.39, 0.29) is 30.0 Å². The van der Waals surface area contributed by atoms with E-state index in [1.54, 1.807) is 41.6 Å². The van der Waals surface area contributed by atoms with Crippen molar-refractivity contribution in [3.63, 3.8) is 0 Å². The summed E-state index contributed by atoms with van der Waals surface area (Å²) < 4.78 is 28.1. The lowest BCUT2D eigenvalue weighted by atomic mass is 9.99. The number of hydrogen-bond acceptors (Lipinski definition) is 6. The van der Waals surface area contributed by atoms with Gasteiger partial charge in [0.05, 0.1) is 12.1 Å². The fraction of sp³-hybridized carbons (Fsp3) is 0.333. The van der Waals surface area contributed by atoms with E-state index in [2.05, 4.69) is 20.6 Å². The minimum atomic E-state index is -1.12. The van der Waals surface area contributed by atoms with Gasteiger partial charge in [-0.15, -0.1) is 0 Å². The van der Waals surface area contributed by atoms with Gasteiger partial charge in [0.25, 0.3) is 11.8 Å². The van der Waals surface area contributed by atoms with Crippen LogP contribution in [0.3, 0.4) is 0 Å². The lowest BCUT2D eigenvalue weighted by Gasteiger charge is -2.25. The molecule has 2 atom stereocenters. The summed E-state index contributed by atoms with van der Waals surface area (Å²) in [6.07, 6.45) is 3.82. The summed E-state index contributed by atoms with van der Waals surface area (Å²) in [6.45, 7) is 7.52. The van der Waals surface area contributed by atoms with Gasteiger partial charge >= 0.3 is 0 Å². The number of nitrogens with one attached hydrogen (secondary N) is 2. The summed E-state index contributed by atoms with van der Waals surface area (Å²) >= 11 is 0. The molecule has 0 aliphatic carbocycles. The van der Waals surface area contributed by atoms with E-state index in [9.17, 15) is 23.5 Å². The van der Waals surface area contributed by atoms with Crippen molar-refractivity contribution in [3.05, 3.63) is 119 Å². The van der Waals surface area contributed by atoms with Crippen molar-refractivity contribution in [2.75, 3.05) is 19.6 Å². The molecule has 10 heteroatoms. The predicted octanol–water partition coefficient (Wildman–Crippen LogP) is 5.48.